The van der Waals surface area contributed by atoms with Crippen LogP contribution >= 0.6 is 0 Å². The summed E-state index contributed by atoms with van der Waals surface area (Å²) in [6, 6.07) is 12.7. The zero-order valence-electron chi connectivity index (χ0n) is 14.0. The molecule has 8 heteroatoms. The SMILES string of the molecule is N=C(N)c1ccc(C(=O)NCCNC(=O)c2ccc(C(=N)N)cc2)cc1. The second-order valence-electron chi connectivity index (χ2n) is 5.49. The standard InChI is InChI=1S/C18H20N6O2/c19-15(20)11-1-5-13(6-2-11)17(25)23-9-10-24-18(26)14-7-3-12(4-8-14)16(21)22/h1-8H,9-10H2,(H3,19,20)(H3,21,22)(H,23,25)(H,24,26). The van der Waals surface area contributed by atoms with E-state index in [9.17, 15) is 9.59 Å². The molecule has 0 bridgehead atoms. The fourth-order valence-electron chi connectivity index (χ4n) is 2.16. The van der Waals surface area contributed by atoms with E-state index >= 15 is 0 Å². The lowest BCUT2D eigenvalue weighted by molar-refractivity contribution is 0.0927. The van der Waals surface area contributed by atoms with Crippen LogP contribution in [-0.2, 0) is 0 Å². The molecular formula is C18H20N6O2. The van der Waals surface area contributed by atoms with Crippen molar-refractivity contribution in [1.29, 1.82) is 10.8 Å². The summed E-state index contributed by atoms with van der Waals surface area (Å²) < 4.78 is 0. The van der Waals surface area contributed by atoms with Crippen molar-refractivity contribution in [2.45, 2.75) is 0 Å². The van der Waals surface area contributed by atoms with Gasteiger partial charge < -0.3 is 22.1 Å². The number of nitrogens with two attached hydrogens (primary N) is 2. The Labute approximate surface area is 150 Å². The van der Waals surface area contributed by atoms with Crippen molar-refractivity contribution in [3.63, 3.8) is 0 Å². The van der Waals surface area contributed by atoms with Gasteiger partial charge in [-0.1, -0.05) is 24.3 Å². The topological polar surface area (TPSA) is 158 Å². The molecule has 0 aliphatic carbocycles. The molecule has 8 N–H and O–H groups in total. The molecule has 0 saturated carbocycles. The van der Waals surface area contributed by atoms with E-state index in [2.05, 4.69) is 10.6 Å². The van der Waals surface area contributed by atoms with Crippen molar-refractivity contribution in [3.8, 4) is 0 Å². The number of hydrogen-bond donors (Lipinski definition) is 6. The van der Waals surface area contributed by atoms with E-state index in [1.54, 1.807) is 48.5 Å². The Morgan fingerprint density at radius 2 is 0.923 bits per heavy atom. The number of nitrogen functional groups attached to an aromatic ring is 2. The molecule has 134 valence electrons. The van der Waals surface area contributed by atoms with Crippen LogP contribution in [0.4, 0.5) is 0 Å². The maximum Gasteiger partial charge on any atom is 0.251 e. The summed E-state index contributed by atoms with van der Waals surface area (Å²) in [5.41, 5.74) is 12.7. The lowest BCUT2D eigenvalue weighted by Gasteiger charge is -2.08. The molecule has 0 spiro atoms. The predicted molar refractivity (Wildman–Crippen MR) is 99.6 cm³/mol. The second-order valence-corrected chi connectivity index (χ2v) is 5.49. The normalized spacial score (nSPS) is 10.0. The maximum atomic E-state index is 12.0. The molecule has 8 nitrogen and oxygen atoms in total. The van der Waals surface area contributed by atoms with Gasteiger partial charge in [0.2, 0.25) is 0 Å². The van der Waals surface area contributed by atoms with Crippen molar-refractivity contribution >= 4 is 23.5 Å². The molecule has 0 atom stereocenters. The van der Waals surface area contributed by atoms with E-state index < -0.39 is 0 Å². The summed E-state index contributed by atoms with van der Waals surface area (Å²) in [5.74, 6) is -0.674. The van der Waals surface area contributed by atoms with Crippen LogP contribution in [0.1, 0.15) is 31.8 Å². The van der Waals surface area contributed by atoms with Gasteiger partial charge in [0.25, 0.3) is 11.8 Å². The van der Waals surface area contributed by atoms with E-state index in [0.717, 1.165) is 0 Å². The fourth-order valence-corrected chi connectivity index (χ4v) is 2.16. The highest BCUT2D eigenvalue weighted by molar-refractivity contribution is 5.99. The minimum Gasteiger partial charge on any atom is -0.384 e. The summed E-state index contributed by atoms with van der Waals surface area (Å²) in [6.07, 6.45) is 0. The molecule has 0 saturated heterocycles. The van der Waals surface area contributed by atoms with Crippen molar-refractivity contribution < 1.29 is 9.59 Å². The molecule has 2 rings (SSSR count). The molecule has 2 aromatic carbocycles. The number of benzene rings is 2. The van der Waals surface area contributed by atoms with Gasteiger partial charge in [0, 0.05) is 35.3 Å². The highest BCUT2D eigenvalue weighted by atomic mass is 16.2. The van der Waals surface area contributed by atoms with Gasteiger partial charge >= 0.3 is 0 Å². The van der Waals surface area contributed by atoms with Gasteiger partial charge in [-0.05, 0) is 24.3 Å². The summed E-state index contributed by atoms with van der Waals surface area (Å²) in [7, 11) is 0. The quantitative estimate of drug-likeness (QED) is 0.242. The monoisotopic (exact) mass is 352 g/mol. The molecular weight excluding hydrogens is 332 g/mol. The number of rotatable bonds is 7. The van der Waals surface area contributed by atoms with Gasteiger partial charge in [-0.25, -0.2) is 0 Å². The smallest absolute Gasteiger partial charge is 0.251 e. The average Bonchev–Trinajstić information content (AvgIpc) is 2.65. The molecule has 26 heavy (non-hydrogen) atoms. The number of amidine groups is 2. The molecule has 0 aliphatic heterocycles. The first kappa shape index (κ1) is 18.7. The number of nitrogens with one attached hydrogen (secondary N) is 4. The van der Waals surface area contributed by atoms with Crippen LogP contribution in [-0.4, -0.2) is 36.6 Å². The fraction of sp³-hybridized carbons (Fsp3) is 0.111. The van der Waals surface area contributed by atoms with Crippen LogP contribution in [0.5, 0.6) is 0 Å². The van der Waals surface area contributed by atoms with E-state index in [1.165, 1.54) is 0 Å². The first-order valence-electron chi connectivity index (χ1n) is 7.84. The highest BCUT2D eigenvalue weighted by Crippen LogP contribution is 2.04. The number of carbonyl (C=O) groups is 2. The maximum absolute atomic E-state index is 12.0. The van der Waals surface area contributed by atoms with Gasteiger partial charge in [-0.3, -0.25) is 20.4 Å². The van der Waals surface area contributed by atoms with Crippen molar-refractivity contribution in [2.75, 3.05) is 13.1 Å². The number of amides is 2. The van der Waals surface area contributed by atoms with Crippen LogP contribution in [0.25, 0.3) is 0 Å². The predicted octanol–water partition coefficient (Wildman–Crippen LogP) is 0.415. The second kappa shape index (κ2) is 8.43. The van der Waals surface area contributed by atoms with Crippen LogP contribution < -0.4 is 22.1 Å². The zero-order chi connectivity index (χ0) is 19.1. The van der Waals surface area contributed by atoms with Crippen LogP contribution in [0.2, 0.25) is 0 Å². The van der Waals surface area contributed by atoms with Crippen LogP contribution in [0.3, 0.4) is 0 Å². The lowest BCUT2D eigenvalue weighted by atomic mass is 10.1. The molecule has 0 fully saturated rings. The Morgan fingerprint density at radius 3 is 1.19 bits per heavy atom. The Hall–Kier alpha value is -3.68. The first-order chi connectivity index (χ1) is 12.4. The van der Waals surface area contributed by atoms with Gasteiger partial charge in [0.05, 0.1) is 0 Å². The van der Waals surface area contributed by atoms with E-state index in [-0.39, 0.29) is 36.6 Å². The summed E-state index contributed by atoms with van der Waals surface area (Å²) in [6.45, 7) is 0.537. The molecule has 0 unspecified atom stereocenters. The lowest BCUT2D eigenvalue weighted by Crippen LogP contribution is -2.34. The largest absolute Gasteiger partial charge is 0.384 e. The minimum absolute atomic E-state index is 0.0593. The Bertz CT molecular complexity index is 756. The third-order valence-corrected chi connectivity index (χ3v) is 3.61. The van der Waals surface area contributed by atoms with Crippen molar-refractivity contribution in [1.82, 2.24) is 10.6 Å². The summed E-state index contributed by atoms with van der Waals surface area (Å²) in [5, 5.41) is 20.0. The van der Waals surface area contributed by atoms with E-state index in [0.29, 0.717) is 22.3 Å². The van der Waals surface area contributed by atoms with E-state index in [1.807, 2.05) is 0 Å². The van der Waals surface area contributed by atoms with Crippen LogP contribution in [0.15, 0.2) is 48.5 Å². The van der Waals surface area contributed by atoms with Crippen molar-refractivity contribution in [2.24, 2.45) is 11.5 Å². The Kier molecular flexibility index (Phi) is 6.05. The Balaban J connectivity index is 1.78. The van der Waals surface area contributed by atoms with E-state index in [4.69, 9.17) is 22.3 Å². The molecule has 2 amide bonds. The minimum atomic E-state index is -0.278. The number of carbonyl (C=O) groups excluding carboxylic acids is 2. The molecule has 0 heterocycles. The number of hydrogen-bond acceptors (Lipinski definition) is 4. The molecule has 0 aliphatic rings. The summed E-state index contributed by atoms with van der Waals surface area (Å²) in [4.78, 5) is 24.0. The van der Waals surface area contributed by atoms with Gasteiger partial charge in [-0.15, -0.1) is 0 Å². The van der Waals surface area contributed by atoms with Crippen molar-refractivity contribution in [3.05, 3.63) is 70.8 Å². The highest BCUT2D eigenvalue weighted by Gasteiger charge is 2.08. The van der Waals surface area contributed by atoms with Gasteiger partial charge in [-0.2, -0.15) is 0 Å². The first-order valence-corrected chi connectivity index (χ1v) is 7.84. The molecule has 0 radical (unpaired) electrons. The van der Waals surface area contributed by atoms with Gasteiger partial charge in [0.1, 0.15) is 11.7 Å². The third-order valence-electron chi connectivity index (χ3n) is 3.61. The average molecular weight is 352 g/mol. The van der Waals surface area contributed by atoms with Gasteiger partial charge in [0.15, 0.2) is 0 Å². The molecule has 0 aromatic heterocycles. The molecule has 2 aromatic rings. The third kappa shape index (κ3) is 4.91. The zero-order valence-corrected chi connectivity index (χ0v) is 14.0. The van der Waals surface area contributed by atoms with Crippen LogP contribution in [0, 0.1) is 10.8 Å². The summed E-state index contributed by atoms with van der Waals surface area (Å²) >= 11 is 0. The Morgan fingerprint density at radius 1 is 0.654 bits per heavy atom.